The molecule has 0 saturated carbocycles. The molecule has 25 heavy (non-hydrogen) atoms. The highest BCUT2D eigenvalue weighted by Crippen LogP contribution is 2.21. The molecule has 6 heteroatoms. The minimum atomic E-state index is -0.0207. The largest absolute Gasteiger partial charge is 0.324 e. The van der Waals surface area contributed by atoms with Crippen molar-refractivity contribution in [2.24, 2.45) is 0 Å². The van der Waals surface area contributed by atoms with Crippen LogP contribution in [0.3, 0.4) is 0 Å². The fourth-order valence-electron chi connectivity index (χ4n) is 3.01. The fourth-order valence-corrected chi connectivity index (χ4v) is 4.08. The van der Waals surface area contributed by atoms with Gasteiger partial charge in [-0.2, -0.15) is 0 Å². The Kier molecular flexibility index (Phi) is 6.08. The van der Waals surface area contributed by atoms with Crippen molar-refractivity contribution in [2.45, 2.75) is 41.2 Å². The van der Waals surface area contributed by atoms with Crippen LogP contribution in [0.2, 0.25) is 0 Å². The van der Waals surface area contributed by atoms with E-state index in [0.717, 1.165) is 32.4 Å². The summed E-state index contributed by atoms with van der Waals surface area (Å²) in [5.74, 6) is 0.0228. The van der Waals surface area contributed by atoms with Gasteiger partial charge in [-0.3, -0.25) is 9.59 Å². The molecule has 2 aromatic rings. The number of hydrogen-bond donors (Lipinski definition) is 2. The van der Waals surface area contributed by atoms with E-state index in [0.29, 0.717) is 18.0 Å². The average Bonchev–Trinajstić information content (AvgIpc) is 2.83. The van der Waals surface area contributed by atoms with Crippen LogP contribution in [-0.4, -0.2) is 30.3 Å². The molecule has 1 atom stereocenters. The van der Waals surface area contributed by atoms with Crippen LogP contribution in [0.15, 0.2) is 12.1 Å². The SMILES string of the molecule is CC(=O)c1sc(C[NH+](C)CC(=O)Nc2c(C)cc(C)cc2C)nc1C. The van der Waals surface area contributed by atoms with Crippen molar-refractivity contribution in [3.05, 3.63) is 44.4 Å². The van der Waals surface area contributed by atoms with Gasteiger partial charge in [0.15, 0.2) is 12.3 Å². The third-order valence-electron chi connectivity index (χ3n) is 4.02. The average molecular weight is 361 g/mol. The number of quaternary nitrogens is 1. The van der Waals surface area contributed by atoms with Gasteiger partial charge in [0.05, 0.1) is 17.6 Å². The predicted molar refractivity (Wildman–Crippen MR) is 102 cm³/mol. The normalized spacial score (nSPS) is 12.1. The summed E-state index contributed by atoms with van der Waals surface area (Å²) >= 11 is 1.42. The first-order valence-electron chi connectivity index (χ1n) is 8.33. The van der Waals surface area contributed by atoms with Gasteiger partial charge in [0.1, 0.15) is 11.6 Å². The number of likely N-dealkylation sites (N-methyl/N-ethyl adjacent to an activating group) is 1. The smallest absolute Gasteiger partial charge is 0.279 e. The molecule has 0 aliphatic heterocycles. The Balaban J connectivity index is 1.99. The zero-order valence-electron chi connectivity index (χ0n) is 15.7. The van der Waals surface area contributed by atoms with Crippen LogP contribution in [-0.2, 0) is 11.3 Å². The number of rotatable bonds is 6. The van der Waals surface area contributed by atoms with Gasteiger partial charge < -0.3 is 10.2 Å². The number of nitrogens with one attached hydrogen (secondary N) is 2. The first-order chi connectivity index (χ1) is 11.7. The lowest BCUT2D eigenvalue weighted by Gasteiger charge is -2.15. The molecule has 0 radical (unpaired) electrons. The van der Waals surface area contributed by atoms with E-state index in [-0.39, 0.29) is 11.7 Å². The van der Waals surface area contributed by atoms with Crippen LogP contribution in [0.25, 0.3) is 0 Å². The molecule has 0 aliphatic carbocycles. The van der Waals surface area contributed by atoms with E-state index in [9.17, 15) is 9.59 Å². The maximum atomic E-state index is 12.4. The van der Waals surface area contributed by atoms with E-state index >= 15 is 0 Å². The first-order valence-corrected chi connectivity index (χ1v) is 9.15. The van der Waals surface area contributed by atoms with Crippen LogP contribution in [0.5, 0.6) is 0 Å². The monoisotopic (exact) mass is 360 g/mol. The summed E-state index contributed by atoms with van der Waals surface area (Å²) in [5, 5.41) is 3.91. The lowest BCUT2D eigenvalue weighted by Crippen LogP contribution is -3.08. The van der Waals surface area contributed by atoms with Crippen molar-refractivity contribution >= 4 is 28.7 Å². The molecule has 1 amide bonds. The van der Waals surface area contributed by atoms with Gasteiger partial charge in [0, 0.05) is 12.6 Å². The lowest BCUT2D eigenvalue weighted by molar-refractivity contribution is -0.885. The van der Waals surface area contributed by atoms with E-state index in [4.69, 9.17) is 0 Å². The molecular formula is C19H26N3O2S+. The van der Waals surface area contributed by atoms with Gasteiger partial charge in [-0.25, -0.2) is 4.98 Å². The summed E-state index contributed by atoms with van der Waals surface area (Å²) in [6.45, 7) is 10.4. The van der Waals surface area contributed by atoms with E-state index in [2.05, 4.69) is 29.4 Å². The third kappa shape index (κ3) is 4.96. The Bertz CT molecular complexity index is 788. The van der Waals surface area contributed by atoms with Gasteiger partial charge in [0.2, 0.25) is 0 Å². The minimum Gasteiger partial charge on any atom is -0.324 e. The molecule has 1 unspecified atom stereocenters. The molecule has 2 rings (SSSR count). The van der Waals surface area contributed by atoms with E-state index in [1.807, 2.05) is 27.8 Å². The van der Waals surface area contributed by atoms with Crippen molar-refractivity contribution in [2.75, 3.05) is 18.9 Å². The lowest BCUT2D eigenvalue weighted by atomic mass is 10.1. The molecule has 0 spiro atoms. The summed E-state index contributed by atoms with van der Waals surface area (Å²) in [4.78, 5) is 30.1. The zero-order chi connectivity index (χ0) is 18.7. The van der Waals surface area contributed by atoms with Gasteiger partial charge in [0.25, 0.3) is 5.91 Å². The fraction of sp³-hybridized carbons (Fsp3) is 0.421. The Morgan fingerprint density at radius 2 is 1.76 bits per heavy atom. The molecule has 0 bridgehead atoms. The minimum absolute atomic E-state index is 0.0207. The highest BCUT2D eigenvalue weighted by atomic mass is 32.1. The zero-order valence-corrected chi connectivity index (χ0v) is 16.6. The summed E-state index contributed by atoms with van der Waals surface area (Å²) in [6.07, 6.45) is 0. The van der Waals surface area contributed by atoms with E-state index < -0.39 is 0 Å². The highest BCUT2D eigenvalue weighted by Gasteiger charge is 2.17. The molecule has 0 aliphatic rings. The number of amides is 1. The molecule has 1 aromatic carbocycles. The van der Waals surface area contributed by atoms with Crippen LogP contribution >= 0.6 is 11.3 Å². The second kappa shape index (κ2) is 7.89. The molecular weight excluding hydrogens is 334 g/mol. The molecule has 1 heterocycles. The molecule has 0 saturated heterocycles. The van der Waals surface area contributed by atoms with Crippen molar-refractivity contribution in [3.8, 4) is 0 Å². The number of benzene rings is 1. The molecule has 2 N–H and O–H groups in total. The second-order valence-corrected chi connectivity index (χ2v) is 7.79. The van der Waals surface area contributed by atoms with Crippen molar-refractivity contribution in [3.63, 3.8) is 0 Å². The summed E-state index contributed by atoms with van der Waals surface area (Å²) in [7, 11) is 1.96. The predicted octanol–water partition coefficient (Wildman–Crippen LogP) is 2.23. The van der Waals surface area contributed by atoms with Gasteiger partial charge in [-0.15, -0.1) is 11.3 Å². The Morgan fingerprint density at radius 3 is 2.28 bits per heavy atom. The number of anilines is 1. The van der Waals surface area contributed by atoms with Crippen molar-refractivity contribution < 1.29 is 14.5 Å². The van der Waals surface area contributed by atoms with E-state index in [1.54, 1.807) is 6.92 Å². The number of aromatic nitrogens is 1. The second-order valence-electron chi connectivity index (χ2n) is 6.71. The van der Waals surface area contributed by atoms with Gasteiger partial charge >= 0.3 is 0 Å². The first kappa shape index (κ1) is 19.3. The van der Waals surface area contributed by atoms with Gasteiger partial charge in [-0.1, -0.05) is 17.7 Å². The number of Topliss-reactive ketones (excluding diaryl/α,β-unsaturated/α-hetero) is 1. The molecule has 5 nitrogen and oxygen atoms in total. The molecule has 0 fully saturated rings. The number of carbonyl (C=O) groups is 2. The van der Waals surface area contributed by atoms with Crippen LogP contribution in [0, 0.1) is 27.7 Å². The Morgan fingerprint density at radius 1 is 1.16 bits per heavy atom. The quantitative estimate of drug-likeness (QED) is 0.777. The summed E-state index contributed by atoms with van der Waals surface area (Å²) in [6, 6.07) is 4.14. The number of carbonyl (C=O) groups excluding carboxylic acids is 2. The van der Waals surface area contributed by atoms with Crippen LogP contribution in [0.1, 0.15) is 44.0 Å². The van der Waals surface area contributed by atoms with E-state index in [1.165, 1.54) is 16.9 Å². The summed E-state index contributed by atoms with van der Waals surface area (Å²) in [5.41, 5.74) is 5.01. The standard InChI is InChI=1S/C19H25N3O2S/c1-11-7-12(2)18(13(3)8-11)21-16(24)9-22(6)10-17-20-14(4)19(25-17)15(5)23/h7-8H,9-10H2,1-6H3,(H,21,24)/p+1. The summed E-state index contributed by atoms with van der Waals surface area (Å²) < 4.78 is 0. The topological polar surface area (TPSA) is 63.5 Å². The molecule has 134 valence electrons. The highest BCUT2D eigenvalue weighted by molar-refractivity contribution is 7.13. The van der Waals surface area contributed by atoms with Crippen molar-refractivity contribution in [1.82, 2.24) is 4.98 Å². The maximum Gasteiger partial charge on any atom is 0.279 e. The molecule has 1 aromatic heterocycles. The van der Waals surface area contributed by atoms with Crippen molar-refractivity contribution in [1.29, 1.82) is 0 Å². The number of thiazole rings is 1. The number of aryl methyl sites for hydroxylation is 4. The number of hydrogen-bond acceptors (Lipinski definition) is 4. The Labute approximate surface area is 153 Å². The van der Waals surface area contributed by atoms with Crippen LogP contribution < -0.4 is 10.2 Å². The maximum absolute atomic E-state index is 12.4. The number of ketones is 1. The van der Waals surface area contributed by atoms with Crippen LogP contribution in [0.4, 0.5) is 5.69 Å². The van der Waals surface area contributed by atoms with Gasteiger partial charge in [-0.05, 0) is 38.8 Å². The third-order valence-corrected chi connectivity index (χ3v) is 5.28. The Hall–Kier alpha value is -2.05. The number of nitrogens with zero attached hydrogens (tertiary/aromatic N) is 1.